The third-order valence-corrected chi connectivity index (χ3v) is 3.29. The van der Waals surface area contributed by atoms with Crippen LogP contribution in [0, 0.1) is 0 Å². The first-order chi connectivity index (χ1) is 9.67. The highest BCUT2D eigenvalue weighted by Gasteiger charge is 2.43. The second-order valence-corrected chi connectivity index (χ2v) is 4.42. The van der Waals surface area contributed by atoms with Gasteiger partial charge in [-0.05, 0) is 0 Å². The maximum atomic E-state index is 10.00. The number of nitrogens with zero attached hydrogens (tertiary/aromatic N) is 4. The first-order valence-corrected chi connectivity index (χ1v) is 5.94. The molecule has 10 nitrogen and oxygen atoms in total. The van der Waals surface area contributed by atoms with Crippen molar-refractivity contribution in [2.45, 2.75) is 24.5 Å². The van der Waals surface area contributed by atoms with Gasteiger partial charge in [-0.15, -0.1) is 0 Å². The van der Waals surface area contributed by atoms with Crippen LogP contribution in [0.5, 0.6) is 0 Å². The van der Waals surface area contributed by atoms with E-state index in [1.165, 1.54) is 17.2 Å². The molecule has 10 heteroatoms. The molecule has 0 radical (unpaired) electrons. The highest BCUT2D eigenvalue weighted by molar-refractivity contribution is 5.82. The molecule has 0 aliphatic carbocycles. The lowest BCUT2D eigenvalue weighted by atomic mass is 10.1. The third kappa shape index (κ3) is 1.82. The Morgan fingerprint density at radius 2 is 2.10 bits per heavy atom. The number of aliphatic hydroxyl groups is 3. The van der Waals surface area contributed by atoms with Crippen molar-refractivity contribution in [1.82, 2.24) is 19.5 Å². The second-order valence-electron chi connectivity index (χ2n) is 4.42. The van der Waals surface area contributed by atoms with Crippen molar-refractivity contribution >= 4 is 17.0 Å². The predicted octanol–water partition coefficient (Wildman–Crippen LogP) is -2.28. The quantitative estimate of drug-likeness (QED) is 0.310. The number of hydrogen-bond donors (Lipinski definition) is 5. The highest BCUT2D eigenvalue weighted by Crippen LogP contribution is 2.31. The summed E-state index contributed by atoms with van der Waals surface area (Å²) >= 11 is 0. The van der Waals surface area contributed by atoms with Crippen molar-refractivity contribution < 1.29 is 20.1 Å². The summed E-state index contributed by atoms with van der Waals surface area (Å²) in [7, 11) is 0. The van der Waals surface area contributed by atoms with Gasteiger partial charge >= 0.3 is 0 Å². The van der Waals surface area contributed by atoms with Gasteiger partial charge in [-0.1, -0.05) is 0 Å². The number of fused-ring (bicyclic) bond motifs is 1. The third-order valence-electron chi connectivity index (χ3n) is 3.29. The van der Waals surface area contributed by atoms with Gasteiger partial charge in [-0.2, -0.15) is 0 Å². The van der Waals surface area contributed by atoms with Crippen molar-refractivity contribution in [2.24, 2.45) is 5.84 Å². The zero-order chi connectivity index (χ0) is 14.3. The normalized spacial score (nSPS) is 30.0. The summed E-state index contributed by atoms with van der Waals surface area (Å²) in [5.41, 5.74) is 3.20. The predicted molar refractivity (Wildman–Crippen MR) is 66.1 cm³/mol. The van der Waals surface area contributed by atoms with Gasteiger partial charge in [0, 0.05) is 0 Å². The van der Waals surface area contributed by atoms with Crippen LogP contribution in [0.1, 0.15) is 6.23 Å². The number of anilines is 1. The Balaban J connectivity index is 2.03. The van der Waals surface area contributed by atoms with Crippen molar-refractivity contribution in [2.75, 3.05) is 12.0 Å². The molecule has 0 saturated carbocycles. The monoisotopic (exact) mass is 282 g/mol. The number of nitrogens with one attached hydrogen (secondary N) is 1. The molecule has 2 aromatic rings. The van der Waals surface area contributed by atoms with E-state index in [9.17, 15) is 10.2 Å². The molecule has 4 atom stereocenters. The Labute approximate surface area is 112 Å². The molecular weight excluding hydrogens is 268 g/mol. The summed E-state index contributed by atoms with van der Waals surface area (Å²) < 4.78 is 6.88. The number of ether oxygens (including phenoxy) is 1. The standard InChI is InChI=1S/C10H14N6O4/c11-15-8-5-9(13-2-12-8)16(3-14-5)10-7(19)6(18)4(1-17)20-10/h2-4,6-7,10,17-19H,1,11H2,(H,12,13,15)/t4-,6+,7-,10-/m0/s1. The average Bonchev–Trinajstić information content (AvgIpc) is 3.01. The van der Waals surface area contributed by atoms with Gasteiger partial charge in [-0.25, -0.2) is 20.8 Å². The van der Waals surface area contributed by atoms with Gasteiger partial charge in [0.05, 0.1) is 12.9 Å². The summed E-state index contributed by atoms with van der Waals surface area (Å²) in [4.78, 5) is 12.1. The average molecular weight is 282 g/mol. The molecule has 1 saturated heterocycles. The van der Waals surface area contributed by atoms with Crippen LogP contribution in [0.2, 0.25) is 0 Å². The number of nitrogen functional groups attached to an aromatic ring is 1. The van der Waals surface area contributed by atoms with E-state index >= 15 is 0 Å². The molecule has 0 unspecified atom stereocenters. The molecule has 0 amide bonds. The molecule has 0 aromatic carbocycles. The summed E-state index contributed by atoms with van der Waals surface area (Å²) in [5.74, 6) is 5.66. The Morgan fingerprint density at radius 1 is 1.30 bits per heavy atom. The van der Waals surface area contributed by atoms with Crippen LogP contribution in [-0.2, 0) is 4.74 Å². The number of aliphatic hydroxyl groups excluding tert-OH is 3. The zero-order valence-corrected chi connectivity index (χ0v) is 10.3. The van der Waals surface area contributed by atoms with Gasteiger partial charge in [0.25, 0.3) is 0 Å². The molecule has 20 heavy (non-hydrogen) atoms. The van der Waals surface area contributed by atoms with Crippen LogP contribution >= 0.6 is 0 Å². The molecule has 1 fully saturated rings. The lowest BCUT2D eigenvalue weighted by Crippen LogP contribution is -2.33. The van der Waals surface area contributed by atoms with Crippen LogP contribution in [-0.4, -0.2) is 59.8 Å². The molecule has 2 aromatic heterocycles. The van der Waals surface area contributed by atoms with Gasteiger partial charge in [0.15, 0.2) is 23.2 Å². The Kier molecular flexibility index (Phi) is 3.23. The van der Waals surface area contributed by atoms with E-state index in [-0.39, 0.29) is 0 Å². The number of hydrazine groups is 1. The summed E-state index contributed by atoms with van der Waals surface area (Å²) in [6, 6.07) is 0. The molecule has 6 N–H and O–H groups in total. The van der Waals surface area contributed by atoms with Gasteiger partial charge in [0.2, 0.25) is 0 Å². The largest absolute Gasteiger partial charge is 0.394 e. The molecule has 108 valence electrons. The van der Waals surface area contributed by atoms with E-state index in [4.69, 9.17) is 15.7 Å². The van der Waals surface area contributed by atoms with Crippen LogP contribution in [0.3, 0.4) is 0 Å². The minimum Gasteiger partial charge on any atom is -0.394 e. The first-order valence-electron chi connectivity index (χ1n) is 5.94. The fraction of sp³-hybridized carbons (Fsp3) is 0.500. The smallest absolute Gasteiger partial charge is 0.171 e. The van der Waals surface area contributed by atoms with Crippen LogP contribution in [0.25, 0.3) is 11.2 Å². The number of hydrogen-bond acceptors (Lipinski definition) is 9. The van der Waals surface area contributed by atoms with Gasteiger partial charge < -0.3 is 25.5 Å². The Bertz CT molecular complexity index is 619. The van der Waals surface area contributed by atoms with Gasteiger partial charge in [-0.3, -0.25) is 4.57 Å². The van der Waals surface area contributed by atoms with E-state index in [1.807, 2.05) is 0 Å². The van der Waals surface area contributed by atoms with Crippen LogP contribution < -0.4 is 11.3 Å². The molecule has 1 aliphatic rings. The number of aromatic nitrogens is 4. The van der Waals surface area contributed by atoms with E-state index in [0.29, 0.717) is 17.0 Å². The summed E-state index contributed by atoms with van der Waals surface area (Å²) in [6.45, 7) is -0.397. The number of imidazole rings is 1. The van der Waals surface area contributed by atoms with E-state index in [0.717, 1.165) is 0 Å². The second kappa shape index (κ2) is 4.92. The molecule has 3 rings (SSSR count). The van der Waals surface area contributed by atoms with E-state index in [1.54, 1.807) is 0 Å². The number of nitrogens with two attached hydrogens (primary N) is 1. The van der Waals surface area contributed by atoms with Crippen LogP contribution in [0.4, 0.5) is 5.82 Å². The zero-order valence-electron chi connectivity index (χ0n) is 10.3. The van der Waals surface area contributed by atoms with E-state index in [2.05, 4.69) is 20.4 Å². The first kappa shape index (κ1) is 13.1. The summed E-state index contributed by atoms with van der Waals surface area (Å²) in [6.07, 6.45) is -1.45. The molecule has 3 heterocycles. The maximum absolute atomic E-state index is 10.00. The fourth-order valence-electron chi connectivity index (χ4n) is 2.25. The Hall–Kier alpha value is -1.85. The topological polar surface area (TPSA) is 152 Å². The van der Waals surface area contributed by atoms with Crippen LogP contribution in [0.15, 0.2) is 12.7 Å². The Morgan fingerprint density at radius 3 is 2.75 bits per heavy atom. The highest BCUT2D eigenvalue weighted by atomic mass is 16.6. The van der Waals surface area contributed by atoms with E-state index < -0.39 is 31.1 Å². The van der Waals surface area contributed by atoms with Crippen molar-refractivity contribution in [3.8, 4) is 0 Å². The van der Waals surface area contributed by atoms with Crippen molar-refractivity contribution in [1.29, 1.82) is 0 Å². The minimum atomic E-state index is -1.20. The molecule has 0 spiro atoms. The summed E-state index contributed by atoms with van der Waals surface area (Å²) in [5, 5.41) is 28.9. The minimum absolute atomic E-state index is 0.334. The fourth-order valence-corrected chi connectivity index (χ4v) is 2.25. The lowest BCUT2D eigenvalue weighted by molar-refractivity contribution is -0.0511. The maximum Gasteiger partial charge on any atom is 0.171 e. The number of rotatable bonds is 3. The SMILES string of the molecule is NNc1ncnc2c1ncn2[C@H]1O[C@@H](CO)[C@@H](O)[C@@H]1O. The molecule has 0 bridgehead atoms. The lowest BCUT2D eigenvalue weighted by Gasteiger charge is -2.16. The molecular formula is C10H14N6O4. The van der Waals surface area contributed by atoms with Crippen molar-refractivity contribution in [3.63, 3.8) is 0 Å². The van der Waals surface area contributed by atoms with Gasteiger partial charge in [0.1, 0.15) is 24.6 Å². The van der Waals surface area contributed by atoms with Crippen molar-refractivity contribution in [3.05, 3.63) is 12.7 Å². The molecule has 1 aliphatic heterocycles.